The molecule has 0 spiro atoms. The molecular formula is C21H22N2O3. The van der Waals surface area contributed by atoms with Gasteiger partial charge in [0.1, 0.15) is 18.9 Å². The molecule has 0 aliphatic carbocycles. The van der Waals surface area contributed by atoms with E-state index in [4.69, 9.17) is 9.47 Å². The van der Waals surface area contributed by atoms with Crippen LogP contribution in [0, 0.1) is 6.92 Å². The van der Waals surface area contributed by atoms with E-state index < -0.39 is 0 Å². The fourth-order valence-corrected chi connectivity index (χ4v) is 3.27. The lowest BCUT2D eigenvalue weighted by molar-refractivity contribution is 0.0747. The summed E-state index contributed by atoms with van der Waals surface area (Å²) in [5, 5.41) is 1.06. The summed E-state index contributed by atoms with van der Waals surface area (Å²) in [6.45, 7) is 6.33. The van der Waals surface area contributed by atoms with Gasteiger partial charge in [-0.1, -0.05) is 17.7 Å². The lowest BCUT2D eigenvalue weighted by atomic mass is 10.1. The summed E-state index contributed by atoms with van der Waals surface area (Å²) >= 11 is 0. The van der Waals surface area contributed by atoms with Crippen molar-refractivity contribution in [3.63, 3.8) is 0 Å². The van der Waals surface area contributed by atoms with Gasteiger partial charge in [0.15, 0.2) is 11.5 Å². The Morgan fingerprint density at radius 3 is 2.69 bits per heavy atom. The van der Waals surface area contributed by atoms with Crippen LogP contribution in [-0.2, 0) is 6.54 Å². The Labute approximate surface area is 152 Å². The molecule has 5 nitrogen and oxygen atoms in total. The van der Waals surface area contributed by atoms with Gasteiger partial charge in [-0.25, -0.2) is 0 Å². The van der Waals surface area contributed by atoms with E-state index in [1.54, 1.807) is 0 Å². The molecule has 1 N–H and O–H groups in total. The van der Waals surface area contributed by atoms with E-state index in [9.17, 15) is 4.79 Å². The molecule has 26 heavy (non-hydrogen) atoms. The largest absolute Gasteiger partial charge is 0.486 e. The number of amides is 1. The van der Waals surface area contributed by atoms with E-state index in [1.165, 1.54) is 5.56 Å². The number of aryl methyl sites for hydroxylation is 1. The first-order valence-electron chi connectivity index (χ1n) is 8.91. The van der Waals surface area contributed by atoms with E-state index in [-0.39, 0.29) is 5.91 Å². The van der Waals surface area contributed by atoms with Gasteiger partial charge in [-0.3, -0.25) is 4.79 Å². The number of rotatable bonds is 4. The van der Waals surface area contributed by atoms with Crippen molar-refractivity contribution < 1.29 is 14.3 Å². The Bertz CT molecular complexity index is 961. The maximum atomic E-state index is 13.0. The summed E-state index contributed by atoms with van der Waals surface area (Å²) in [7, 11) is 0. The van der Waals surface area contributed by atoms with Crippen LogP contribution in [0.3, 0.4) is 0 Å². The van der Waals surface area contributed by atoms with Crippen LogP contribution in [0.1, 0.15) is 28.5 Å². The molecule has 3 aromatic rings. The number of nitrogens with zero attached hydrogens (tertiary/aromatic N) is 1. The summed E-state index contributed by atoms with van der Waals surface area (Å²) in [6, 6.07) is 13.9. The predicted octanol–water partition coefficient (Wildman–Crippen LogP) is 3.91. The highest BCUT2D eigenvalue weighted by molar-refractivity contribution is 5.98. The summed E-state index contributed by atoms with van der Waals surface area (Å²) in [4.78, 5) is 18.0. The average molecular weight is 350 g/mol. The number of carbonyl (C=O) groups excluding carboxylic acids is 1. The lowest BCUT2D eigenvalue weighted by Gasteiger charge is -2.22. The van der Waals surface area contributed by atoms with Gasteiger partial charge >= 0.3 is 0 Å². The van der Waals surface area contributed by atoms with Crippen molar-refractivity contribution in [1.29, 1.82) is 0 Å². The smallest absolute Gasteiger partial charge is 0.270 e. The minimum atomic E-state index is -0.00348. The highest BCUT2D eigenvalue weighted by Crippen LogP contribution is 2.31. The Morgan fingerprint density at radius 1 is 1.08 bits per heavy atom. The SMILES string of the molecule is CCN(Cc1ccc2c(c1)OCCO2)C(=O)c1cc2cc(C)ccc2[nH]1. The second-order valence-corrected chi connectivity index (χ2v) is 6.57. The standard InChI is InChI=1S/C21H22N2O3/c1-3-23(13-15-5-7-19-20(11-15)26-9-8-25-19)21(24)18-12-16-10-14(2)4-6-17(16)22-18/h4-7,10-12,22H,3,8-9,13H2,1-2H3. The summed E-state index contributed by atoms with van der Waals surface area (Å²) in [6.07, 6.45) is 0. The quantitative estimate of drug-likeness (QED) is 0.776. The van der Waals surface area contributed by atoms with E-state index in [0.29, 0.717) is 32.0 Å². The Hall–Kier alpha value is -2.95. The maximum absolute atomic E-state index is 13.0. The molecule has 0 unspecified atom stereocenters. The minimum absolute atomic E-state index is 0.00348. The second kappa shape index (κ2) is 6.75. The third-order valence-corrected chi connectivity index (χ3v) is 4.66. The third kappa shape index (κ3) is 3.12. The number of hydrogen-bond acceptors (Lipinski definition) is 3. The number of H-pyrrole nitrogens is 1. The molecule has 4 rings (SSSR count). The van der Waals surface area contributed by atoms with E-state index in [2.05, 4.69) is 11.1 Å². The van der Waals surface area contributed by atoms with Gasteiger partial charge in [-0.05, 0) is 49.7 Å². The molecule has 0 bridgehead atoms. The van der Waals surface area contributed by atoms with Crippen molar-refractivity contribution in [2.45, 2.75) is 20.4 Å². The molecule has 0 saturated carbocycles. The van der Waals surface area contributed by atoms with Gasteiger partial charge in [0.25, 0.3) is 5.91 Å². The molecule has 1 aliphatic rings. The number of benzene rings is 2. The van der Waals surface area contributed by atoms with Gasteiger partial charge < -0.3 is 19.4 Å². The molecule has 2 heterocycles. The van der Waals surface area contributed by atoms with Crippen LogP contribution >= 0.6 is 0 Å². The fourth-order valence-electron chi connectivity index (χ4n) is 3.27. The minimum Gasteiger partial charge on any atom is -0.486 e. The van der Waals surface area contributed by atoms with E-state index in [1.807, 2.05) is 55.1 Å². The number of fused-ring (bicyclic) bond motifs is 2. The number of hydrogen-bond donors (Lipinski definition) is 1. The van der Waals surface area contributed by atoms with Crippen LogP contribution in [0.25, 0.3) is 10.9 Å². The molecule has 0 saturated heterocycles. The van der Waals surface area contributed by atoms with Gasteiger partial charge in [0.2, 0.25) is 0 Å². The molecule has 0 radical (unpaired) electrons. The highest BCUT2D eigenvalue weighted by atomic mass is 16.6. The van der Waals surface area contributed by atoms with Crippen molar-refractivity contribution in [3.8, 4) is 11.5 Å². The number of ether oxygens (including phenoxy) is 2. The zero-order valence-corrected chi connectivity index (χ0v) is 15.0. The van der Waals surface area contributed by atoms with E-state index in [0.717, 1.165) is 28.0 Å². The third-order valence-electron chi connectivity index (χ3n) is 4.66. The van der Waals surface area contributed by atoms with Crippen molar-refractivity contribution >= 4 is 16.8 Å². The first-order valence-corrected chi connectivity index (χ1v) is 8.91. The van der Waals surface area contributed by atoms with Crippen LogP contribution < -0.4 is 9.47 Å². The van der Waals surface area contributed by atoms with Crippen LogP contribution in [0.2, 0.25) is 0 Å². The van der Waals surface area contributed by atoms with Crippen molar-refractivity contribution in [1.82, 2.24) is 9.88 Å². The zero-order valence-electron chi connectivity index (χ0n) is 15.0. The van der Waals surface area contributed by atoms with Gasteiger partial charge in [0, 0.05) is 24.0 Å². The Balaban J connectivity index is 1.56. The Morgan fingerprint density at radius 2 is 1.88 bits per heavy atom. The molecular weight excluding hydrogens is 328 g/mol. The van der Waals surface area contributed by atoms with Crippen LogP contribution in [0.5, 0.6) is 11.5 Å². The van der Waals surface area contributed by atoms with Crippen LogP contribution in [-0.4, -0.2) is 35.5 Å². The maximum Gasteiger partial charge on any atom is 0.270 e. The molecule has 1 aromatic heterocycles. The van der Waals surface area contributed by atoms with Crippen molar-refractivity contribution in [2.24, 2.45) is 0 Å². The Kier molecular flexibility index (Phi) is 4.29. The number of aromatic nitrogens is 1. The van der Waals surface area contributed by atoms with Gasteiger partial charge in [0.05, 0.1) is 0 Å². The first kappa shape index (κ1) is 16.5. The van der Waals surface area contributed by atoms with Gasteiger partial charge in [-0.2, -0.15) is 0 Å². The average Bonchev–Trinajstić information content (AvgIpc) is 3.08. The highest BCUT2D eigenvalue weighted by Gasteiger charge is 2.18. The lowest BCUT2D eigenvalue weighted by Crippen LogP contribution is -2.30. The fraction of sp³-hybridized carbons (Fsp3) is 0.286. The molecule has 1 amide bonds. The monoisotopic (exact) mass is 350 g/mol. The summed E-state index contributed by atoms with van der Waals surface area (Å²) in [5.74, 6) is 1.51. The van der Waals surface area contributed by atoms with Crippen molar-refractivity contribution in [3.05, 3.63) is 59.3 Å². The molecule has 0 fully saturated rings. The first-order chi connectivity index (χ1) is 12.6. The second-order valence-electron chi connectivity index (χ2n) is 6.57. The molecule has 5 heteroatoms. The summed E-state index contributed by atoms with van der Waals surface area (Å²) < 4.78 is 11.2. The van der Waals surface area contributed by atoms with Crippen LogP contribution in [0.15, 0.2) is 42.5 Å². The predicted molar refractivity (Wildman–Crippen MR) is 101 cm³/mol. The molecule has 134 valence electrons. The molecule has 1 aliphatic heterocycles. The number of nitrogens with one attached hydrogen (secondary N) is 1. The summed E-state index contributed by atoms with van der Waals surface area (Å²) in [5.41, 5.74) is 3.80. The normalized spacial score (nSPS) is 13.0. The van der Waals surface area contributed by atoms with Crippen molar-refractivity contribution in [2.75, 3.05) is 19.8 Å². The topological polar surface area (TPSA) is 54.6 Å². The molecule has 2 aromatic carbocycles. The number of carbonyl (C=O) groups is 1. The zero-order chi connectivity index (χ0) is 18.1. The number of aromatic amines is 1. The van der Waals surface area contributed by atoms with Crippen LogP contribution in [0.4, 0.5) is 0 Å². The molecule has 0 atom stereocenters. The van der Waals surface area contributed by atoms with E-state index >= 15 is 0 Å². The van der Waals surface area contributed by atoms with Gasteiger partial charge in [-0.15, -0.1) is 0 Å².